The van der Waals surface area contributed by atoms with Crippen molar-refractivity contribution in [2.75, 3.05) is 5.32 Å². The van der Waals surface area contributed by atoms with Crippen molar-refractivity contribution in [1.29, 1.82) is 0 Å². The topological polar surface area (TPSA) is 17.0 Å². The number of rotatable bonds is 4. The molecule has 1 aromatic heterocycles. The SMILES string of the molecule is CCn1ccc(CNc2cc(F)ccc2Cl)c1. The van der Waals surface area contributed by atoms with Gasteiger partial charge in [-0.3, -0.25) is 0 Å². The third kappa shape index (κ3) is 3.01. The lowest BCUT2D eigenvalue weighted by Crippen LogP contribution is -1.99. The maximum atomic E-state index is 13.0. The second-order valence-corrected chi connectivity index (χ2v) is 4.24. The molecule has 0 amide bonds. The zero-order chi connectivity index (χ0) is 12.3. The van der Waals surface area contributed by atoms with Crippen molar-refractivity contribution in [3.63, 3.8) is 0 Å². The summed E-state index contributed by atoms with van der Waals surface area (Å²) in [5, 5.41) is 3.65. The number of aromatic nitrogens is 1. The van der Waals surface area contributed by atoms with Crippen LogP contribution in [0.4, 0.5) is 10.1 Å². The van der Waals surface area contributed by atoms with E-state index in [2.05, 4.69) is 23.0 Å². The van der Waals surface area contributed by atoms with E-state index in [0.717, 1.165) is 12.1 Å². The van der Waals surface area contributed by atoms with Gasteiger partial charge >= 0.3 is 0 Å². The summed E-state index contributed by atoms with van der Waals surface area (Å²) < 4.78 is 15.1. The summed E-state index contributed by atoms with van der Waals surface area (Å²) in [5.41, 5.74) is 1.77. The molecule has 1 aromatic carbocycles. The van der Waals surface area contributed by atoms with Gasteiger partial charge in [-0.15, -0.1) is 0 Å². The van der Waals surface area contributed by atoms with Crippen LogP contribution in [-0.2, 0) is 13.1 Å². The molecule has 1 N–H and O–H groups in total. The largest absolute Gasteiger partial charge is 0.380 e. The van der Waals surface area contributed by atoms with Crippen LogP contribution in [0.15, 0.2) is 36.7 Å². The Kier molecular flexibility index (Phi) is 3.69. The molecule has 0 aliphatic heterocycles. The van der Waals surface area contributed by atoms with Crippen molar-refractivity contribution in [2.45, 2.75) is 20.0 Å². The molecule has 2 aromatic rings. The third-order valence-corrected chi connectivity index (χ3v) is 2.92. The highest BCUT2D eigenvalue weighted by Crippen LogP contribution is 2.22. The van der Waals surface area contributed by atoms with Gasteiger partial charge in [0.25, 0.3) is 0 Å². The van der Waals surface area contributed by atoms with Gasteiger partial charge < -0.3 is 9.88 Å². The molecule has 0 bridgehead atoms. The average Bonchev–Trinajstić information content (AvgIpc) is 2.78. The molecule has 2 nitrogen and oxygen atoms in total. The number of benzene rings is 1. The number of aryl methyl sites for hydroxylation is 1. The molecule has 0 aliphatic rings. The molecule has 0 saturated heterocycles. The Morgan fingerprint density at radius 1 is 1.35 bits per heavy atom. The molecule has 0 saturated carbocycles. The molecule has 0 spiro atoms. The van der Waals surface area contributed by atoms with Crippen LogP contribution in [0.5, 0.6) is 0 Å². The van der Waals surface area contributed by atoms with E-state index < -0.39 is 0 Å². The summed E-state index contributed by atoms with van der Waals surface area (Å²) in [7, 11) is 0. The van der Waals surface area contributed by atoms with Crippen molar-refractivity contribution in [2.24, 2.45) is 0 Å². The van der Waals surface area contributed by atoms with Crippen LogP contribution in [-0.4, -0.2) is 4.57 Å². The van der Waals surface area contributed by atoms with Gasteiger partial charge in [0.05, 0.1) is 10.7 Å². The highest BCUT2D eigenvalue weighted by Gasteiger charge is 2.02. The van der Waals surface area contributed by atoms with Gasteiger partial charge in [-0.05, 0) is 36.8 Å². The van der Waals surface area contributed by atoms with Gasteiger partial charge in [-0.2, -0.15) is 0 Å². The van der Waals surface area contributed by atoms with Crippen molar-refractivity contribution < 1.29 is 4.39 Å². The highest BCUT2D eigenvalue weighted by molar-refractivity contribution is 6.33. The Morgan fingerprint density at radius 3 is 2.88 bits per heavy atom. The zero-order valence-electron chi connectivity index (χ0n) is 9.58. The van der Waals surface area contributed by atoms with Crippen LogP contribution < -0.4 is 5.32 Å². The molecular formula is C13H14ClFN2. The molecule has 1 heterocycles. The minimum atomic E-state index is -0.289. The molecule has 90 valence electrons. The number of hydrogen-bond acceptors (Lipinski definition) is 1. The molecule has 17 heavy (non-hydrogen) atoms. The van der Waals surface area contributed by atoms with Crippen molar-refractivity contribution in [3.8, 4) is 0 Å². The second-order valence-electron chi connectivity index (χ2n) is 3.83. The fourth-order valence-corrected chi connectivity index (χ4v) is 1.81. The first-order valence-electron chi connectivity index (χ1n) is 5.52. The highest BCUT2D eigenvalue weighted by atomic mass is 35.5. The maximum absolute atomic E-state index is 13.0. The first-order valence-corrected chi connectivity index (χ1v) is 5.90. The van der Waals surface area contributed by atoms with E-state index in [-0.39, 0.29) is 5.82 Å². The Morgan fingerprint density at radius 2 is 2.18 bits per heavy atom. The molecular weight excluding hydrogens is 239 g/mol. The first-order chi connectivity index (χ1) is 8.19. The molecule has 0 fully saturated rings. The maximum Gasteiger partial charge on any atom is 0.125 e. The van der Waals surface area contributed by atoms with Crippen LogP contribution in [0.2, 0.25) is 5.02 Å². The van der Waals surface area contributed by atoms with E-state index in [0.29, 0.717) is 17.3 Å². The van der Waals surface area contributed by atoms with Crippen molar-refractivity contribution in [1.82, 2.24) is 4.57 Å². The Bertz CT molecular complexity index is 508. The standard InChI is InChI=1S/C13H14ClFN2/c1-2-17-6-5-10(9-17)8-16-13-7-11(15)3-4-12(13)14/h3-7,9,16H,2,8H2,1H3. The Balaban J connectivity index is 2.04. The van der Waals surface area contributed by atoms with Gasteiger partial charge in [-0.25, -0.2) is 4.39 Å². The lowest BCUT2D eigenvalue weighted by Gasteiger charge is -2.07. The molecule has 0 unspecified atom stereocenters. The van der Waals surface area contributed by atoms with Gasteiger partial charge in [0.1, 0.15) is 5.82 Å². The number of hydrogen-bond donors (Lipinski definition) is 1. The lowest BCUT2D eigenvalue weighted by molar-refractivity contribution is 0.628. The monoisotopic (exact) mass is 252 g/mol. The first kappa shape index (κ1) is 12.0. The molecule has 0 atom stereocenters. The van der Waals surface area contributed by atoms with Crippen molar-refractivity contribution >= 4 is 17.3 Å². The Hall–Kier alpha value is -1.48. The van der Waals surface area contributed by atoms with Crippen LogP contribution in [0.1, 0.15) is 12.5 Å². The minimum absolute atomic E-state index is 0.289. The normalized spacial score (nSPS) is 10.5. The van der Waals surface area contributed by atoms with E-state index in [1.807, 2.05) is 12.3 Å². The number of halogens is 2. The van der Waals surface area contributed by atoms with E-state index >= 15 is 0 Å². The van der Waals surface area contributed by atoms with Crippen LogP contribution in [0.3, 0.4) is 0 Å². The van der Waals surface area contributed by atoms with Crippen LogP contribution in [0.25, 0.3) is 0 Å². The van der Waals surface area contributed by atoms with E-state index in [4.69, 9.17) is 11.6 Å². The summed E-state index contributed by atoms with van der Waals surface area (Å²) in [4.78, 5) is 0. The molecule has 0 radical (unpaired) electrons. The molecule has 0 aliphatic carbocycles. The summed E-state index contributed by atoms with van der Waals surface area (Å²) in [6.07, 6.45) is 4.07. The second kappa shape index (κ2) is 5.23. The summed E-state index contributed by atoms with van der Waals surface area (Å²) in [5.74, 6) is -0.289. The Labute approximate surface area is 105 Å². The number of anilines is 1. The summed E-state index contributed by atoms with van der Waals surface area (Å²) >= 11 is 5.96. The summed E-state index contributed by atoms with van der Waals surface area (Å²) in [6.45, 7) is 3.66. The molecule has 4 heteroatoms. The van der Waals surface area contributed by atoms with E-state index in [9.17, 15) is 4.39 Å². The fraction of sp³-hybridized carbons (Fsp3) is 0.231. The minimum Gasteiger partial charge on any atom is -0.380 e. The van der Waals surface area contributed by atoms with E-state index in [1.165, 1.54) is 12.1 Å². The van der Waals surface area contributed by atoms with Gasteiger partial charge in [0.15, 0.2) is 0 Å². The number of nitrogens with one attached hydrogen (secondary N) is 1. The lowest BCUT2D eigenvalue weighted by atomic mass is 10.3. The van der Waals surface area contributed by atoms with Crippen LogP contribution in [0, 0.1) is 5.82 Å². The average molecular weight is 253 g/mol. The summed E-state index contributed by atoms with van der Waals surface area (Å²) in [6, 6.07) is 6.33. The van der Waals surface area contributed by atoms with Gasteiger partial charge in [0, 0.05) is 25.5 Å². The van der Waals surface area contributed by atoms with Gasteiger partial charge in [-0.1, -0.05) is 11.6 Å². The third-order valence-electron chi connectivity index (χ3n) is 2.59. The van der Waals surface area contributed by atoms with Gasteiger partial charge in [0.2, 0.25) is 0 Å². The molecule has 2 rings (SSSR count). The zero-order valence-corrected chi connectivity index (χ0v) is 10.3. The number of nitrogens with zero attached hydrogens (tertiary/aromatic N) is 1. The fourth-order valence-electron chi connectivity index (χ4n) is 1.62. The van der Waals surface area contributed by atoms with E-state index in [1.54, 1.807) is 6.07 Å². The predicted molar refractivity (Wildman–Crippen MR) is 68.8 cm³/mol. The van der Waals surface area contributed by atoms with Crippen molar-refractivity contribution in [3.05, 3.63) is 53.1 Å². The quantitative estimate of drug-likeness (QED) is 0.873. The van der Waals surface area contributed by atoms with Crippen LogP contribution >= 0.6 is 11.6 Å². The predicted octanol–water partition coefficient (Wildman–Crippen LogP) is 3.91. The smallest absolute Gasteiger partial charge is 0.125 e.